The number of rotatable bonds is 4. The molecule has 2 aliphatic rings. The SMILES string of the molecule is COC(=O)[C@H]1[C@H](C[Se]C2C=CC(C)NC2(C)C)C(C)(C)NC1(C)C. The van der Waals surface area contributed by atoms with Gasteiger partial charge in [0.25, 0.3) is 0 Å². The van der Waals surface area contributed by atoms with E-state index in [9.17, 15) is 4.79 Å². The first-order valence-electron chi connectivity index (χ1n) is 8.85. The third-order valence-electron chi connectivity index (χ3n) is 5.55. The topological polar surface area (TPSA) is 50.4 Å². The molecule has 0 aliphatic carbocycles. The predicted octanol–water partition coefficient (Wildman–Crippen LogP) is 2.79. The Labute approximate surface area is 153 Å². The van der Waals surface area contributed by atoms with Crippen LogP contribution in [-0.2, 0) is 9.53 Å². The van der Waals surface area contributed by atoms with Crippen molar-refractivity contribution in [2.24, 2.45) is 11.8 Å². The van der Waals surface area contributed by atoms with Crippen molar-refractivity contribution in [2.75, 3.05) is 7.11 Å². The van der Waals surface area contributed by atoms with Crippen molar-refractivity contribution in [1.82, 2.24) is 10.6 Å². The van der Waals surface area contributed by atoms with E-state index in [0.29, 0.717) is 31.7 Å². The van der Waals surface area contributed by atoms with Crippen molar-refractivity contribution < 1.29 is 9.53 Å². The Morgan fingerprint density at radius 1 is 1.08 bits per heavy atom. The first-order valence-corrected chi connectivity index (χ1v) is 11.1. The molecule has 0 radical (unpaired) electrons. The second-order valence-corrected chi connectivity index (χ2v) is 11.4. The van der Waals surface area contributed by atoms with Gasteiger partial charge in [-0.1, -0.05) is 0 Å². The summed E-state index contributed by atoms with van der Waals surface area (Å²) in [5.74, 6) is 0.120. The maximum absolute atomic E-state index is 12.5. The summed E-state index contributed by atoms with van der Waals surface area (Å²) in [5, 5.41) is 8.43. The summed E-state index contributed by atoms with van der Waals surface area (Å²) in [6.45, 7) is 15.5. The summed E-state index contributed by atoms with van der Waals surface area (Å²) in [4.78, 5) is 13.0. The minimum absolute atomic E-state index is 0.0622. The van der Waals surface area contributed by atoms with Gasteiger partial charge in [-0.25, -0.2) is 0 Å². The molecule has 2 N–H and O–H groups in total. The molecule has 1 saturated heterocycles. The first kappa shape index (κ1) is 20.0. The molecular formula is C19H34N2O2Se. The van der Waals surface area contributed by atoms with Crippen LogP contribution in [0.15, 0.2) is 12.2 Å². The first-order chi connectivity index (χ1) is 10.9. The average Bonchev–Trinajstić information content (AvgIpc) is 2.60. The van der Waals surface area contributed by atoms with Crippen LogP contribution in [0.2, 0.25) is 10.1 Å². The van der Waals surface area contributed by atoms with Crippen LogP contribution in [0, 0.1) is 11.8 Å². The summed E-state index contributed by atoms with van der Waals surface area (Å²) in [6.07, 6.45) is 4.66. The summed E-state index contributed by atoms with van der Waals surface area (Å²) in [5.41, 5.74) is -0.185. The van der Waals surface area contributed by atoms with E-state index >= 15 is 0 Å². The zero-order valence-corrected chi connectivity index (χ0v) is 18.1. The summed E-state index contributed by atoms with van der Waals surface area (Å²) < 4.78 is 5.14. The Hall–Kier alpha value is -0.351. The molecule has 0 bridgehead atoms. The van der Waals surface area contributed by atoms with Gasteiger partial charge in [-0.15, -0.1) is 0 Å². The van der Waals surface area contributed by atoms with Gasteiger partial charge in [0.2, 0.25) is 0 Å². The van der Waals surface area contributed by atoms with E-state index in [1.807, 2.05) is 0 Å². The van der Waals surface area contributed by atoms with Crippen LogP contribution in [0.5, 0.6) is 0 Å². The van der Waals surface area contributed by atoms with E-state index in [2.05, 4.69) is 71.3 Å². The zero-order chi connectivity index (χ0) is 18.3. The van der Waals surface area contributed by atoms with Crippen molar-refractivity contribution in [3.63, 3.8) is 0 Å². The molecule has 0 saturated carbocycles. The minimum atomic E-state index is -0.234. The van der Waals surface area contributed by atoms with Crippen LogP contribution in [-0.4, -0.2) is 50.7 Å². The number of ether oxygens (including phenoxy) is 1. The molecule has 0 amide bonds. The number of methoxy groups -OCH3 is 1. The molecule has 4 nitrogen and oxygen atoms in total. The Kier molecular flexibility index (Phi) is 5.62. The van der Waals surface area contributed by atoms with Crippen LogP contribution in [0.1, 0.15) is 48.5 Å². The number of carbonyl (C=O) groups is 1. The van der Waals surface area contributed by atoms with Crippen molar-refractivity contribution in [3.05, 3.63) is 12.2 Å². The summed E-state index contributed by atoms with van der Waals surface area (Å²) in [6, 6.07) is 0.429. The normalized spacial score (nSPS) is 36.5. The Bertz CT molecular complexity index is 513. The van der Waals surface area contributed by atoms with Crippen molar-refractivity contribution in [3.8, 4) is 0 Å². The molecule has 5 heteroatoms. The van der Waals surface area contributed by atoms with E-state index in [0.717, 1.165) is 5.32 Å². The van der Waals surface area contributed by atoms with Crippen LogP contribution in [0.25, 0.3) is 0 Å². The summed E-state index contributed by atoms with van der Waals surface area (Å²) in [7, 11) is 1.50. The predicted molar refractivity (Wildman–Crippen MR) is 100 cm³/mol. The Morgan fingerprint density at radius 3 is 2.25 bits per heavy atom. The zero-order valence-electron chi connectivity index (χ0n) is 16.4. The number of hydrogen-bond acceptors (Lipinski definition) is 4. The fourth-order valence-corrected chi connectivity index (χ4v) is 8.10. The quantitative estimate of drug-likeness (QED) is 0.432. The molecule has 0 aromatic heterocycles. The molecule has 138 valence electrons. The molecule has 2 unspecified atom stereocenters. The second-order valence-electron chi connectivity index (χ2n) is 8.97. The van der Waals surface area contributed by atoms with Crippen molar-refractivity contribution >= 4 is 20.9 Å². The monoisotopic (exact) mass is 402 g/mol. The number of esters is 1. The maximum atomic E-state index is 12.5. The van der Waals surface area contributed by atoms with Gasteiger partial charge in [-0.2, -0.15) is 0 Å². The molecule has 24 heavy (non-hydrogen) atoms. The van der Waals surface area contributed by atoms with E-state index in [-0.39, 0.29) is 28.5 Å². The molecule has 0 aromatic rings. The van der Waals surface area contributed by atoms with E-state index in [1.54, 1.807) is 0 Å². The van der Waals surface area contributed by atoms with Gasteiger partial charge < -0.3 is 0 Å². The van der Waals surface area contributed by atoms with E-state index < -0.39 is 0 Å². The Balaban J connectivity index is 2.17. The number of hydrogen-bond donors (Lipinski definition) is 2. The third kappa shape index (κ3) is 3.90. The van der Waals surface area contributed by atoms with Crippen LogP contribution >= 0.6 is 0 Å². The van der Waals surface area contributed by atoms with Gasteiger partial charge in [-0.05, 0) is 0 Å². The van der Waals surface area contributed by atoms with Crippen molar-refractivity contribution in [1.29, 1.82) is 0 Å². The van der Waals surface area contributed by atoms with Gasteiger partial charge in [0.1, 0.15) is 0 Å². The second kappa shape index (κ2) is 6.75. The molecule has 2 rings (SSSR count). The number of carbonyl (C=O) groups excluding carboxylic acids is 1. The Morgan fingerprint density at radius 2 is 1.71 bits per heavy atom. The van der Waals surface area contributed by atoms with E-state index in [4.69, 9.17) is 4.74 Å². The fourth-order valence-electron chi connectivity index (χ4n) is 4.51. The molecular weight excluding hydrogens is 367 g/mol. The van der Waals surface area contributed by atoms with Crippen LogP contribution < -0.4 is 10.6 Å². The average molecular weight is 401 g/mol. The fraction of sp³-hybridized carbons (Fsp3) is 0.842. The molecule has 2 heterocycles. The molecule has 2 aliphatic heterocycles. The molecule has 0 spiro atoms. The molecule has 4 atom stereocenters. The molecule has 0 aromatic carbocycles. The van der Waals surface area contributed by atoms with Gasteiger partial charge in [-0.3, -0.25) is 0 Å². The standard InChI is InChI=1S/C19H34N2O2Se/c1-12-9-10-14(18(4,5)20-12)24-11-13-15(16(22)23-8)19(6,7)21-17(13,2)3/h9-10,12-15,20-21H,11H2,1-8H3/t12?,13-,14?,15+/m0/s1. The summed E-state index contributed by atoms with van der Waals surface area (Å²) >= 11 is 0.420. The van der Waals surface area contributed by atoms with Gasteiger partial charge in [0, 0.05) is 0 Å². The molecule has 1 fully saturated rings. The van der Waals surface area contributed by atoms with Crippen LogP contribution in [0.3, 0.4) is 0 Å². The number of nitrogens with one attached hydrogen (secondary N) is 2. The van der Waals surface area contributed by atoms with Crippen LogP contribution in [0.4, 0.5) is 0 Å². The van der Waals surface area contributed by atoms with Gasteiger partial charge >= 0.3 is 153 Å². The van der Waals surface area contributed by atoms with Gasteiger partial charge in [0.05, 0.1) is 0 Å². The van der Waals surface area contributed by atoms with Crippen molar-refractivity contribution in [2.45, 2.75) is 81.3 Å². The third-order valence-corrected chi connectivity index (χ3v) is 9.02. The van der Waals surface area contributed by atoms with Gasteiger partial charge in [0.15, 0.2) is 0 Å². The van der Waals surface area contributed by atoms with E-state index in [1.165, 1.54) is 7.11 Å².